The van der Waals surface area contributed by atoms with Gasteiger partial charge in [-0.25, -0.2) is 0 Å². The Morgan fingerprint density at radius 1 is 1.25 bits per heavy atom. The highest BCUT2D eigenvalue weighted by atomic mass is 32.2. The number of hydrogen-bond acceptors (Lipinski definition) is 2. The molecule has 0 amide bonds. The van der Waals surface area contributed by atoms with Gasteiger partial charge in [-0.05, 0) is 11.6 Å². The molecule has 60 valence electrons. The van der Waals surface area contributed by atoms with Crippen molar-refractivity contribution in [3.8, 4) is 0 Å². The standard InChI is InChI=1S/C10H8OS/c11-9-7-12-10(9)6-8-4-2-1-3-5-8/h1-6H,7H2/b10-6+. The van der Waals surface area contributed by atoms with Crippen LogP contribution in [-0.2, 0) is 4.79 Å². The fraction of sp³-hybridized carbons (Fsp3) is 0.100. The molecule has 1 aliphatic rings. The third-order valence-electron chi connectivity index (χ3n) is 1.73. The van der Waals surface area contributed by atoms with E-state index in [1.807, 2.05) is 36.4 Å². The number of rotatable bonds is 1. The Bertz CT molecular complexity index is 327. The fourth-order valence-electron chi connectivity index (χ4n) is 1.04. The number of ketones is 1. The van der Waals surface area contributed by atoms with Crippen LogP contribution < -0.4 is 0 Å². The molecule has 0 atom stereocenters. The second-order valence-electron chi connectivity index (χ2n) is 2.63. The van der Waals surface area contributed by atoms with Crippen LogP contribution in [-0.4, -0.2) is 11.5 Å². The molecule has 2 rings (SSSR count). The molecule has 1 fully saturated rings. The van der Waals surface area contributed by atoms with Crippen LogP contribution in [0.25, 0.3) is 6.08 Å². The maximum Gasteiger partial charge on any atom is 0.179 e. The Balaban J connectivity index is 2.23. The van der Waals surface area contributed by atoms with Crippen molar-refractivity contribution in [1.82, 2.24) is 0 Å². The lowest BCUT2D eigenvalue weighted by molar-refractivity contribution is -0.113. The fourth-order valence-corrected chi connectivity index (χ4v) is 1.69. The number of thioether (sulfide) groups is 1. The molecule has 12 heavy (non-hydrogen) atoms. The van der Waals surface area contributed by atoms with E-state index in [1.165, 1.54) is 0 Å². The van der Waals surface area contributed by atoms with Crippen molar-refractivity contribution in [3.05, 3.63) is 40.8 Å². The molecular formula is C10H8OS. The Morgan fingerprint density at radius 3 is 2.50 bits per heavy atom. The summed E-state index contributed by atoms with van der Waals surface area (Å²) in [6.07, 6.45) is 1.94. The second-order valence-corrected chi connectivity index (χ2v) is 3.65. The van der Waals surface area contributed by atoms with E-state index in [0.29, 0.717) is 5.75 Å². The molecule has 0 saturated carbocycles. The summed E-state index contributed by atoms with van der Waals surface area (Å²) in [5.74, 6) is 0.919. The van der Waals surface area contributed by atoms with Gasteiger partial charge < -0.3 is 0 Å². The Morgan fingerprint density at radius 2 is 2.00 bits per heavy atom. The maximum absolute atomic E-state index is 10.9. The highest BCUT2D eigenvalue weighted by Crippen LogP contribution is 2.30. The van der Waals surface area contributed by atoms with Gasteiger partial charge in [-0.1, -0.05) is 30.3 Å². The third kappa shape index (κ3) is 1.43. The Hall–Kier alpha value is -1.02. The predicted octanol–water partition coefficient (Wildman–Crippen LogP) is 2.34. The molecule has 1 saturated heterocycles. The summed E-state index contributed by atoms with van der Waals surface area (Å²) in [6, 6.07) is 9.91. The second kappa shape index (κ2) is 3.15. The zero-order valence-corrected chi connectivity index (χ0v) is 7.30. The summed E-state index contributed by atoms with van der Waals surface area (Å²) in [6.45, 7) is 0. The van der Waals surface area contributed by atoms with Crippen LogP contribution in [0, 0.1) is 0 Å². The molecule has 2 heteroatoms. The maximum atomic E-state index is 10.9. The Labute approximate surface area is 75.5 Å². The van der Waals surface area contributed by atoms with Gasteiger partial charge in [0, 0.05) is 0 Å². The van der Waals surface area contributed by atoms with Crippen molar-refractivity contribution >= 4 is 23.6 Å². The van der Waals surface area contributed by atoms with E-state index in [9.17, 15) is 4.79 Å². The quantitative estimate of drug-likeness (QED) is 0.611. The van der Waals surface area contributed by atoms with E-state index in [0.717, 1.165) is 10.5 Å². The molecule has 1 aliphatic heterocycles. The van der Waals surface area contributed by atoms with Crippen LogP contribution in [0.1, 0.15) is 5.56 Å². The molecule has 0 radical (unpaired) electrons. The van der Waals surface area contributed by atoms with Crippen LogP contribution in [0.2, 0.25) is 0 Å². The molecule has 1 heterocycles. The van der Waals surface area contributed by atoms with Gasteiger partial charge in [0.15, 0.2) is 5.78 Å². The lowest BCUT2D eigenvalue weighted by Gasteiger charge is -2.13. The van der Waals surface area contributed by atoms with E-state index < -0.39 is 0 Å². The zero-order chi connectivity index (χ0) is 8.39. The minimum Gasteiger partial charge on any atom is -0.293 e. The van der Waals surface area contributed by atoms with Crippen LogP contribution in [0.3, 0.4) is 0 Å². The summed E-state index contributed by atoms with van der Waals surface area (Å²) in [7, 11) is 0. The number of Topliss-reactive ketones (excluding diaryl/α,β-unsaturated/α-hetero) is 1. The van der Waals surface area contributed by atoms with Crippen LogP contribution in [0.15, 0.2) is 35.2 Å². The molecule has 0 unspecified atom stereocenters. The monoisotopic (exact) mass is 176 g/mol. The van der Waals surface area contributed by atoms with Crippen molar-refractivity contribution in [1.29, 1.82) is 0 Å². The lowest BCUT2D eigenvalue weighted by Crippen LogP contribution is -2.13. The minimum absolute atomic E-state index is 0.267. The van der Waals surface area contributed by atoms with E-state index in [1.54, 1.807) is 11.8 Å². The number of carbonyl (C=O) groups excluding carboxylic acids is 1. The summed E-state index contributed by atoms with van der Waals surface area (Å²) >= 11 is 1.62. The van der Waals surface area contributed by atoms with E-state index >= 15 is 0 Å². The molecule has 1 aromatic carbocycles. The average Bonchev–Trinajstić information content (AvgIpc) is 2.14. The molecule has 0 aromatic heterocycles. The van der Waals surface area contributed by atoms with Gasteiger partial charge in [-0.2, -0.15) is 0 Å². The first-order valence-corrected chi connectivity index (χ1v) is 4.77. The van der Waals surface area contributed by atoms with Crippen LogP contribution in [0.4, 0.5) is 0 Å². The van der Waals surface area contributed by atoms with E-state index in [-0.39, 0.29) is 5.78 Å². The largest absolute Gasteiger partial charge is 0.293 e. The van der Waals surface area contributed by atoms with Crippen molar-refractivity contribution in [2.75, 3.05) is 5.75 Å². The van der Waals surface area contributed by atoms with Crippen molar-refractivity contribution < 1.29 is 4.79 Å². The van der Waals surface area contributed by atoms with Gasteiger partial charge in [0.05, 0.1) is 10.7 Å². The highest BCUT2D eigenvalue weighted by Gasteiger charge is 2.20. The first-order valence-electron chi connectivity index (χ1n) is 3.79. The van der Waals surface area contributed by atoms with Crippen molar-refractivity contribution in [3.63, 3.8) is 0 Å². The van der Waals surface area contributed by atoms with Crippen molar-refractivity contribution in [2.24, 2.45) is 0 Å². The van der Waals surface area contributed by atoms with E-state index in [4.69, 9.17) is 0 Å². The minimum atomic E-state index is 0.267. The third-order valence-corrected chi connectivity index (χ3v) is 2.79. The van der Waals surface area contributed by atoms with Gasteiger partial charge in [-0.15, -0.1) is 11.8 Å². The van der Waals surface area contributed by atoms with Gasteiger partial charge in [0.1, 0.15) is 0 Å². The van der Waals surface area contributed by atoms with Crippen LogP contribution in [0.5, 0.6) is 0 Å². The summed E-state index contributed by atoms with van der Waals surface area (Å²) < 4.78 is 0. The Kier molecular flexibility index (Phi) is 2.00. The molecular weight excluding hydrogens is 168 g/mol. The normalized spacial score (nSPS) is 19.3. The highest BCUT2D eigenvalue weighted by molar-refractivity contribution is 8.07. The topological polar surface area (TPSA) is 17.1 Å². The lowest BCUT2D eigenvalue weighted by atomic mass is 10.2. The van der Waals surface area contributed by atoms with Gasteiger partial charge in [0.2, 0.25) is 0 Å². The molecule has 0 bridgehead atoms. The number of allylic oxidation sites excluding steroid dienone is 1. The summed E-state index contributed by atoms with van der Waals surface area (Å²) in [5, 5.41) is 0. The summed E-state index contributed by atoms with van der Waals surface area (Å²) in [4.78, 5) is 11.8. The van der Waals surface area contributed by atoms with Crippen molar-refractivity contribution in [2.45, 2.75) is 0 Å². The predicted molar refractivity (Wildman–Crippen MR) is 51.9 cm³/mol. The molecule has 0 N–H and O–H groups in total. The van der Waals surface area contributed by atoms with Gasteiger partial charge in [-0.3, -0.25) is 4.79 Å². The molecule has 0 spiro atoms. The van der Waals surface area contributed by atoms with E-state index in [2.05, 4.69) is 0 Å². The zero-order valence-electron chi connectivity index (χ0n) is 6.49. The van der Waals surface area contributed by atoms with Crippen LogP contribution >= 0.6 is 11.8 Å². The summed E-state index contributed by atoms with van der Waals surface area (Å²) in [5.41, 5.74) is 1.10. The first-order chi connectivity index (χ1) is 5.86. The number of hydrogen-bond donors (Lipinski definition) is 0. The smallest absolute Gasteiger partial charge is 0.179 e. The molecule has 0 aliphatic carbocycles. The van der Waals surface area contributed by atoms with Gasteiger partial charge in [0.25, 0.3) is 0 Å². The first kappa shape index (κ1) is 7.62. The number of benzene rings is 1. The average molecular weight is 176 g/mol. The SMILES string of the molecule is O=C1CS/C1=C/c1ccccc1. The molecule has 1 nitrogen and oxygen atoms in total. The van der Waals surface area contributed by atoms with Gasteiger partial charge >= 0.3 is 0 Å². The number of carbonyl (C=O) groups is 1. The molecule has 1 aromatic rings.